The van der Waals surface area contributed by atoms with Gasteiger partial charge in [-0.1, -0.05) is 96.7 Å². The van der Waals surface area contributed by atoms with Gasteiger partial charge in [0.2, 0.25) is 0 Å². The SMILES string of the molecule is C=C/C=C(\SC)c1cc2cc(C(C)(C)C)cc3cc(-c4cccs4)c4cc5cc6cc7c(-c8cccs8)cc8cc(C(C)(C)C)cc9cc(-c%10cccs%10)c(c6cc5c1c4c32)c7c89. The van der Waals surface area contributed by atoms with Crippen molar-refractivity contribution in [2.45, 2.75) is 52.4 Å². The molecule has 63 heavy (non-hydrogen) atoms. The van der Waals surface area contributed by atoms with Crippen LogP contribution < -0.4 is 0 Å². The van der Waals surface area contributed by atoms with Crippen LogP contribution in [0.2, 0.25) is 0 Å². The molecule has 9 aromatic carbocycles. The fourth-order valence-corrected chi connectivity index (χ4v) is 13.3. The van der Waals surface area contributed by atoms with Gasteiger partial charge >= 0.3 is 0 Å². The summed E-state index contributed by atoms with van der Waals surface area (Å²) in [7, 11) is 0. The number of allylic oxidation sites excluding steroid dienone is 2. The lowest BCUT2D eigenvalue weighted by atomic mass is 9.79. The zero-order valence-corrected chi connectivity index (χ0v) is 39.9. The summed E-state index contributed by atoms with van der Waals surface area (Å²) in [4.78, 5) is 5.13. The average Bonchev–Trinajstić information content (AvgIpc) is 4.10. The van der Waals surface area contributed by atoms with E-state index in [4.69, 9.17) is 0 Å². The van der Waals surface area contributed by atoms with Gasteiger partial charge in [0.25, 0.3) is 0 Å². The number of benzene rings is 9. The molecule has 3 aromatic heterocycles. The Hall–Kier alpha value is -5.49. The summed E-state index contributed by atoms with van der Waals surface area (Å²) in [5.41, 5.74) is 7.92. The van der Waals surface area contributed by atoms with Crippen molar-refractivity contribution in [3.63, 3.8) is 0 Å². The van der Waals surface area contributed by atoms with Gasteiger partial charge in [-0.05, 0) is 209 Å². The topological polar surface area (TPSA) is 0 Å². The van der Waals surface area contributed by atoms with Crippen LogP contribution in [-0.2, 0) is 10.8 Å². The second kappa shape index (κ2) is 14.0. The van der Waals surface area contributed by atoms with E-state index in [0.29, 0.717) is 0 Å². The molecule has 0 radical (unpaired) electrons. The van der Waals surface area contributed by atoms with Gasteiger partial charge in [0, 0.05) is 36.2 Å². The fraction of sp³-hybridized carbons (Fsp3) is 0.153. The first-order valence-corrected chi connectivity index (χ1v) is 25.6. The maximum atomic E-state index is 4.21. The lowest BCUT2D eigenvalue weighted by Gasteiger charge is -2.25. The largest absolute Gasteiger partial charge is 0.144 e. The van der Waals surface area contributed by atoms with Crippen molar-refractivity contribution < 1.29 is 0 Å². The summed E-state index contributed by atoms with van der Waals surface area (Å²) in [6, 6.07) is 43.4. The van der Waals surface area contributed by atoms with Gasteiger partial charge in [0.05, 0.1) is 0 Å². The summed E-state index contributed by atoms with van der Waals surface area (Å²) >= 11 is 7.32. The number of hydrogen-bond acceptors (Lipinski definition) is 4. The van der Waals surface area contributed by atoms with Crippen LogP contribution in [0.3, 0.4) is 0 Å². The van der Waals surface area contributed by atoms with Gasteiger partial charge < -0.3 is 0 Å². The first-order valence-electron chi connectivity index (χ1n) is 21.8. The van der Waals surface area contributed by atoms with Crippen LogP contribution in [0.5, 0.6) is 0 Å². The molecule has 0 nitrogen and oxygen atoms in total. The van der Waals surface area contributed by atoms with Gasteiger partial charge in [-0.15, -0.1) is 45.8 Å². The molecule has 0 fully saturated rings. The number of thiophene rings is 3. The molecule has 0 unspecified atom stereocenters. The highest BCUT2D eigenvalue weighted by Crippen LogP contribution is 2.53. The predicted octanol–water partition coefficient (Wildman–Crippen LogP) is 19.5. The Balaban J connectivity index is 1.34. The van der Waals surface area contributed by atoms with Crippen LogP contribution in [0.25, 0.3) is 122 Å². The first-order chi connectivity index (χ1) is 30.4. The lowest BCUT2D eigenvalue weighted by Crippen LogP contribution is -2.11. The highest BCUT2D eigenvalue weighted by molar-refractivity contribution is 8.07. The minimum absolute atomic E-state index is 0.00171. The predicted molar refractivity (Wildman–Crippen MR) is 288 cm³/mol. The van der Waals surface area contributed by atoms with Crippen molar-refractivity contribution in [2.75, 3.05) is 6.26 Å². The molecular formula is C59H46S4. The van der Waals surface area contributed by atoms with Crippen molar-refractivity contribution in [1.82, 2.24) is 0 Å². The Morgan fingerprint density at radius 3 is 1.35 bits per heavy atom. The van der Waals surface area contributed by atoms with E-state index in [1.165, 1.54) is 139 Å². The molecule has 0 amide bonds. The van der Waals surface area contributed by atoms with Gasteiger partial charge in [-0.3, -0.25) is 0 Å². The van der Waals surface area contributed by atoms with Crippen LogP contribution >= 0.6 is 45.8 Å². The van der Waals surface area contributed by atoms with Crippen LogP contribution in [0.15, 0.2) is 144 Å². The summed E-state index contributed by atoms with van der Waals surface area (Å²) in [5, 5.41) is 27.8. The number of rotatable bonds is 6. The second-order valence-corrected chi connectivity index (χ2v) is 23.0. The third kappa shape index (κ3) is 5.91. The Labute approximate surface area is 384 Å². The smallest absolute Gasteiger partial charge is 0.0349 e. The minimum Gasteiger partial charge on any atom is -0.144 e. The third-order valence-electron chi connectivity index (χ3n) is 13.5. The van der Waals surface area contributed by atoms with E-state index in [2.05, 4.69) is 186 Å². The molecule has 0 aliphatic rings. The van der Waals surface area contributed by atoms with Crippen LogP contribution in [0.1, 0.15) is 58.2 Å². The van der Waals surface area contributed by atoms with Gasteiger partial charge in [0.15, 0.2) is 0 Å². The molecule has 0 saturated heterocycles. The van der Waals surface area contributed by atoms with E-state index in [-0.39, 0.29) is 10.8 Å². The van der Waals surface area contributed by atoms with Crippen molar-refractivity contribution in [1.29, 1.82) is 0 Å². The van der Waals surface area contributed by atoms with Gasteiger partial charge in [0.1, 0.15) is 0 Å². The van der Waals surface area contributed by atoms with Gasteiger partial charge in [-0.2, -0.15) is 0 Å². The van der Waals surface area contributed by atoms with Crippen molar-refractivity contribution in [2.24, 2.45) is 0 Å². The number of hydrogen-bond donors (Lipinski definition) is 0. The maximum Gasteiger partial charge on any atom is 0.0349 e. The van der Waals surface area contributed by atoms with E-state index in [0.717, 1.165) is 0 Å². The van der Waals surface area contributed by atoms with Crippen LogP contribution in [-0.4, -0.2) is 6.26 Å². The quantitative estimate of drug-likeness (QED) is 0.0911. The molecule has 0 aliphatic heterocycles. The fourth-order valence-electron chi connectivity index (χ4n) is 10.5. The summed E-state index contributed by atoms with van der Waals surface area (Å²) in [6.45, 7) is 18.2. The third-order valence-corrected chi connectivity index (χ3v) is 17.0. The second-order valence-electron chi connectivity index (χ2n) is 19.3. The van der Waals surface area contributed by atoms with E-state index in [1.54, 1.807) is 0 Å². The van der Waals surface area contributed by atoms with Crippen molar-refractivity contribution in [3.05, 3.63) is 161 Å². The summed E-state index contributed by atoms with van der Waals surface area (Å²) < 4.78 is 0. The minimum atomic E-state index is -0.00171. The Morgan fingerprint density at radius 1 is 0.460 bits per heavy atom. The molecule has 0 N–H and O–H groups in total. The van der Waals surface area contributed by atoms with Crippen LogP contribution in [0, 0.1) is 0 Å². The van der Waals surface area contributed by atoms with Crippen LogP contribution in [0.4, 0.5) is 0 Å². The molecule has 4 heteroatoms. The first kappa shape index (κ1) is 39.1. The maximum absolute atomic E-state index is 4.21. The van der Waals surface area contributed by atoms with E-state index in [1.807, 2.05) is 51.8 Å². The molecule has 0 atom stereocenters. The van der Waals surface area contributed by atoms with E-state index in [9.17, 15) is 0 Å². The zero-order chi connectivity index (χ0) is 43.1. The molecule has 0 bridgehead atoms. The molecule has 12 rings (SSSR count). The number of thioether (sulfide) groups is 1. The lowest BCUT2D eigenvalue weighted by molar-refractivity contribution is 0.591. The van der Waals surface area contributed by atoms with Crippen molar-refractivity contribution in [3.8, 4) is 31.3 Å². The molecular weight excluding hydrogens is 837 g/mol. The summed E-state index contributed by atoms with van der Waals surface area (Å²) in [5.74, 6) is 0. The Bertz CT molecular complexity index is 3810. The van der Waals surface area contributed by atoms with Gasteiger partial charge in [-0.25, -0.2) is 0 Å². The molecule has 0 aliphatic carbocycles. The highest BCUT2D eigenvalue weighted by Gasteiger charge is 2.26. The molecule has 3 heterocycles. The molecule has 0 saturated carbocycles. The monoisotopic (exact) mass is 882 g/mol. The molecule has 12 aromatic rings. The molecule has 0 spiro atoms. The molecule has 306 valence electrons. The number of fused-ring (bicyclic) bond motifs is 4. The Morgan fingerprint density at radius 2 is 0.905 bits per heavy atom. The van der Waals surface area contributed by atoms with Crippen molar-refractivity contribution >= 4 is 137 Å². The van der Waals surface area contributed by atoms with E-state index >= 15 is 0 Å². The normalized spacial score (nSPS) is 13.2. The highest BCUT2D eigenvalue weighted by atomic mass is 32.2. The standard InChI is InChI=1S/C59H46S4/c1-9-13-48(60-8)46-29-36-23-38(58(2,3)4)21-34-27-42(49-14-10-17-61-49)44-25-32-20-33-26-45-43(50-15-11-18-62-50)28-35-22-39(59(5,6)7)24-37-30-47(51-16-12-19-63-51)55(57(45)53(35)37)41(33)31-40(32)54(46)56(44)52(34)36/h9-31H,1H2,2-8H3/b48-13-. The van der Waals surface area contributed by atoms with E-state index < -0.39 is 0 Å². The summed E-state index contributed by atoms with van der Waals surface area (Å²) in [6.07, 6.45) is 6.37. The average molecular weight is 883 g/mol. The Kier molecular flexibility index (Phi) is 8.70. The zero-order valence-electron chi connectivity index (χ0n) is 36.6.